The smallest absolute Gasteiger partial charge is 0.321 e. The van der Waals surface area contributed by atoms with Crippen molar-refractivity contribution in [1.29, 1.82) is 0 Å². The highest BCUT2D eigenvalue weighted by Gasteiger charge is 2.21. The molecule has 0 spiro atoms. The van der Waals surface area contributed by atoms with Crippen molar-refractivity contribution in [2.75, 3.05) is 25.5 Å². The summed E-state index contributed by atoms with van der Waals surface area (Å²) in [6.45, 7) is 3.64. The molecule has 1 aromatic rings. The van der Waals surface area contributed by atoms with Gasteiger partial charge >= 0.3 is 6.03 Å². The van der Waals surface area contributed by atoms with Crippen LogP contribution in [0.2, 0.25) is 5.02 Å². The molecular formula is C15H20ClN3O2. The normalized spacial score (nSPS) is 18.2. The molecule has 0 bridgehead atoms. The molecule has 0 aromatic heterocycles. The molecule has 2 rings (SSSR count). The molecule has 0 unspecified atom stereocenters. The molecule has 1 aromatic carbocycles. The van der Waals surface area contributed by atoms with Crippen LogP contribution >= 0.6 is 11.6 Å². The lowest BCUT2D eigenvalue weighted by Crippen LogP contribution is -2.41. The minimum Gasteiger partial charge on any atom is -0.355 e. The van der Waals surface area contributed by atoms with E-state index < -0.39 is 0 Å². The number of carbonyl (C=O) groups excluding carboxylic acids is 2. The topological polar surface area (TPSA) is 61.4 Å². The lowest BCUT2D eigenvalue weighted by molar-refractivity contribution is 0.0963. The van der Waals surface area contributed by atoms with Crippen LogP contribution in [-0.2, 0) is 0 Å². The summed E-state index contributed by atoms with van der Waals surface area (Å²) in [6.07, 6.45) is 2.16. The number of nitrogens with one attached hydrogen (secondary N) is 2. The Bertz CT molecular complexity index is 548. The second-order valence-corrected chi connectivity index (χ2v) is 5.80. The maximum absolute atomic E-state index is 12.3. The summed E-state index contributed by atoms with van der Waals surface area (Å²) in [5.74, 6) is 0.297. The van der Waals surface area contributed by atoms with Crippen molar-refractivity contribution in [3.05, 3.63) is 28.8 Å². The molecule has 1 saturated heterocycles. The fourth-order valence-corrected chi connectivity index (χ4v) is 2.64. The second kappa shape index (κ2) is 6.80. The van der Waals surface area contributed by atoms with Crippen LogP contribution in [0.5, 0.6) is 0 Å². The molecule has 3 amide bonds. The molecule has 0 saturated carbocycles. The van der Waals surface area contributed by atoms with E-state index in [0.717, 1.165) is 25.9 Å². The fraction of sp³-hybridized carbons (Fsp3) is 0.467. The van der Waals surface area contributed by atoms with Gasteiger partial charge in [0.2, 0.25) is 0 Å². The molecule has 1 aliphatic heterocycles. The zero-order valence-electron chi connectivity index (χ0n) is 12.3. The monoisotopic (exact) mass is 309 g/mol. The maximum Gasteiger partial charge on any atom is 0.321 e. The molecule has 114 valence electrons. The average molecular weight is 310 g/mol. The Morgan fingerprint density at radius 3 is 2.81 bits per heavy atom. The Labute approximate surface area is 129 Å². The molecular weight excluding hydrogens is 290 g/mol. The third-order valence-corrected chi connectivity index (χ3v) is 3.97. The first-order chi connectivity index (χ1) is 10.0. The third-order valence-electron chi connectivity index (χ3n) is 3.64. The summed E-state index contributed by atoms with van der Waals surface area (Å²) in [6, 6.07) is 4.66. The number of hydrogen-bond acceptors (Lipinski definition) is 2. The van der Waals surface area contributed by atoms with E-state index >= 15 is 0 Å². The van der Waals surface area contributed by atoms with Gasteiger partial charge in [-0.1, -0.05) is 18.5 Å². The van der Waals surface area contributed by atoms with Crippen LogP contribution in [0.15, 0.2) is 18.2 Å². The zero-order chi connectivity index (χ0) is 15.4. The van der Waals surface area contributed by atoms with E-state index in [1.165, 1.54) is 0 Å². The number of nitrogens with zero attached hydrogens (tertiary/aromatic N) is 1. The Hall–Kier alpha value is -1.75. The summed E-state index contributed by atoms with van der Waals surface area (Å²) in [4.78, 5) is 25.7. The first-order valence-corrected chi connectivity index (χ1v) is 7.46. The number of anilines is 1. The molecule has 0 radical (unpaired) electrons. The number of amides is 3. The Balaban J connectivity index is 2.11. The van der Waals surface area contributed by atoms with Crippen LogP contribution in [0, 0.1) is 5.92 Å². The van der Waals surface area contributed by atoms with Crippen LogP contribution in [0.3, 0.4) is 0 Å². The van der Waals surface area contributed by atoms with Crippen molar-refractivity contribution < 1.29 is 9.59 Å². The number of benzene rings is 1. The minimum absolute atomic E-state index is 0.169. The molecule has 6 heteroatoms. The Kier molecular flexibility index (Phi) is 5.07. The highest BCUT2D eigenvalue weighted by molar-refractivity contribution is 6.33. The lowest BCUT2D eigenvalue weighted by Gasteiger charge is -2.31. The molecule has 0 aliphatic carbocycles. The van der Waals surface area contributed by atoms with Crippen molar-refractivity contribution in [2.45, 2.75) is 19.8 Å². The second-order valence-electron chi connectivity index (χ2n) is 5.40. The van der Waals surface area contributed by atoms with Gasteiger partial charge in [0.05, 0.1) is 10.7 Å². The van der Waals surface area contributed by atoms with E-state index in [2.05, 4.69) is 17.6 Å². The van der Waals surface area contributed by atoms with Gasteiger partial charge in [0.15, 0.2) is 0 Å². The summed E-state index contributed by atoms with van der Waals surface area (Å²) in [5.41, 5.74) is 0.921. The van der Waals surface area contributed by atoms with E-state index in [0.29, 0.717) is 22.2 Å². The number of hydrogen-bond donors (Lipinski definition) is 2. The van der Waals surface area contributed by atoms with Crippen molar-refractivity contribution in [3.63, 3.8) is 0 Å². The summed E-state index contributed by atoms with van der Waals surface area (Å²) < 4.78 is 0. The standard InChI is InChI=1S/C15H20ClN3O2/c1-10-4-3-7-19(9-10)15(21)18-13-8-11(14(20)17-2)5-6-12(13)16/h5-6,8,10H,3-4,7,9H2,1-2H3,(H,17,20)(H,18,21)/t10-/m1/s1. The highest BCUT2D eigenvalue weighted by Crippen LogP contribution is 2.24. The van der Waals surface area contributed by atoms with Crippen LogP contribution < -0.4 is 10.6 Å². The minimum atomic E-state index is -0.214. The predicted molar refractivity (Wildman–Crippen MR) is 83.8 cm³/mol. The number of urea groups is 1. The fourth-order valence-electron chi connectivity index (χ4n) is 2.47. The van der Waals surface area contributed by atoms with E-state index in [-0.39, 0.29) is 11.9 Å². The Morgan fingerprint density at radius 1 is 1.38 bits per heavy atom. The lowest BCUT2D eigenvalue weighted by atomic mass is 10.0. The number of carbonyl (C=O) groups is 2. The highest BCUT2D eigenvalue weighted by atomic mass is 35.5. The predicted octanol–water partition coefficient (Wildman–Crippen LogP) is 2.96. The summed E-state index contributed by atoms with van der Waals surface area (Å²) >= 11 is 6.09. The SMILES string of the molecule is CNC(=O)c1ccc(Cl)c(NC(=O)N2CCC[C@@H](C)C2)c1. The first kappa shape index (κ1) is 15.6. The first-order valence-electron chi connectivity index (χ1n) is 7.09. The largest absolute Gasteiger partial charge is 0.355 e. The van der Waals surface area contributed by atoms with Crippen LogP contribution in [-0.4, -0.2) is 37.0 Å². The quantitative estimate of drug-likeness (QED) is 0.882. The molecule has 21 heavy (non-hydrogen) atoms. The van der Waals surface area contributed by atoms with Gasteiger partial charge < -0.3 is 15.5 Å². The van der Waals surface area contributed by atoms with Gasteiger partial charge in [-0.15, -0.1) is 0 Å². The molecule has 2 N–H and O–H groups in total. The number of likely N-dealkylation sites (tertiary alicyclic amines) is 1. The van der Waals surface area contributed by atoms with Gasteiger partial charge in [-0.05, 0) is 37.0 Å². The van der Waals surface area contributed by atoms with Gasteiger partial charge in [-0.2, -0.15) is 0 Å². The van der Waals surface area contributed by atoms with Crippen LogP contribution in [0.4, 0.5) is 10.5 Å². The molecule has 1 fully saturated rings. The van der Waals surface area contributed by atoms with Crippen molar-refractivity contribution in [1.82, 2.24) is 10.2 Å². The summed E-state index contributed by atoms with van der Waals surface area (Å²) in [7, 11) is 1.56. The van der Waals surface area contributed by atoms with E-state index in [1.807, 2.05) is 0 Å². The van der Waals surface area contributed by atoms with E-state index in [1.54, 1.807) is 30.1 Å². The van der Waals surface area contributed by atoms with Gasteiger partial charge in [0, 0.05) is 25.7 Å². The van der Waals surface area contributed by atoms with E-state index in [9.17, 15) is 9.59 Å². The van der Waals surface area contributed by atoms with Crippen molar-refractivity contribution in [2.24, 2.45) is 5.92 Å². The average Bonchev–Trinajstić information content (AvgIpc) is 2.48. The van der Waals surface area contributed by atoms with E-state index in [4.69, 9.17) is 11.6 Å². The maximum atomic E-state index is 12.3. The number of piperidine rings is 1. The third kappa shape index (κ3) is 3.88. The number of rotatable bonds is 2. The molecule has 5 nitrogen and oxygen atoms in total. The molecule has 1 aliphatic rings. The molecule has 1 heterocycles. The van der Waals surface area contributed by atoms with Gasteiger partial charge in [-0.3, -0.25) is 4.79 Å². The van der Waals surface area contributed by atoms with Crippen LogP contribution in [0.25, 0.3) is 0 Å². The number of halogens is 1. The van der Waals surface area contributed by atoms with Crippen LogP contribution in [0.1, 0.15) is 30.1 Å². The van der Waals surface area contributed by atoms with Crippen molar-refractivity contribution >= 4 is 29.2 Å². The van der Waals surface area contributed by atoms with Gasteiger partial charge in [-0.25, -0.2) is 4.79 Å². The Morgan fingerprint density at radius 2 is 2.14 bits per heavy atom. The van der Waals surface area contributed by atoms with Gasteiger partial charge in [0.25, 0.3) is 5.91 Å². The van der Waals surface area contributed by atoms with Gasteiger partial charge in [0.1, 0.15) is 0 Å². The molecule has 1 atom stereocenters. The van der Waals surface area contributed by atoms with Crippen molar-refractivity contribution in [3.8, 4) is 0 Å². The summed E-state index contributed by atoms with van der Waals surface area (Å²) in [5, 5.41) is 5.76. The zero-order valence-corrected chi connectivity index (χ0v) is 13.0.